The number of rotatable bonds is 12. The quantitative estimate of drug-likeness (QED) is 0.216. The molecule has 0 aliphatic carbocycles. The lowest BCUT2D eigenvalue weighted by molar-refractivity contribution is -0.123. The average Bonchev–Trinajstić information content (AvgIpc) is 3.19. The van der Waals surface area contributed by atoms with Crippen molar-refractivity contribution in [2.75, 3.05) is 13.2 Å². The summed E-state index contributed by atoms with van der Waals surface area (Å²) in [4.78, 5) is 15.2. The molecule has 0 radical (unpaired) electrons. The zero-order valence-corrected chi connectivity index (χ0v) is 24.2. The second-order valence-corrected chi connectivity index (χ2v) is 10.7. The number of amides is 1. The normalized spacial score (nSPS) is 20.3. The van der Waals surface area contributed by atoms with E-state index in [1.807, 2.05) is 121 Å². The molecule has 0 bridgehead atoms. The molecule has 1 heterocycles. The maximum atomic E-state index is 13.7. The minimum Gasteiger partial charge on any atom is -0.445 e. The van der Waals surface area contributed by atoms with Gasteiger partial charge in [-0.1, -0.05) is 121 Å². The molecule has 4 atom stereocenters. The predicted octanol–water partition coefficient (Wildman–Crippen LogP) is 6.15. The predicted molar refractivity (Wildman–Crippen MR) is 164 cm³/mol. The summed E-state index contributed by atoms with van der Waals surface area (Å²) in [5.74, 6) is 0. The number of likely N-dealkylation sites (tertiary alicyclic amines) is 1. The summed E-state index contributed by atoms with van der Waals surface area (Å²) >= 11 is 0. The van der Waals surface area contributed by atoms with Gasteiger partial charge in [0.15, 0.2) is 0 Å². The molecule has 7 nitrogen and oxygen atoms in total. The molecule has 1 N–H and O–H groups in total. The van der Waals surface area contributed by atoms with Gasteiger partial charge in [-0.25, -0.2) is 4.79 Å². The highest BCUT2D eigenvalue weighted by Crippen LogP contribution is 2.27. The maximum absolute atomic E-state index is 13.7. The van der Waals surface area contributed by atoms with Crippen LogP contribution in [-0.4, -0.2) is 53.6 Å². The Morgan fingerprint density at radius 2 is 1.12 bits per heavy atom. The van der Waals surface area contributed by atoms with Crippen LogP contribution in [0.3, 0.4) is 0 Å². The van der Waals surface area contributed by atoms with E-state index in [4.69, 9.17) is 18.9 Å². The third kappa shape index (κ3) is 9.24. The molecule has 1 aliphatic heterocycles. The molecule has 4 aromatic rings. The monoisotopic (exact) mass is 581 g/mol. The highest BCUT2D eigenvalue weighted by molar-refractivity contribution is 5.68. The van der Waals surface area contributed by atoms with Crippen molar-refractivity contribution in [3.63, 3.8) is 0 Å². The molecule has 1 amide bonds. The zero-order chi connectivity index (χ0) is 29.7. The van der Waals surface area contributed by atoms with Crippen LogP contribution in [0.4, 0.5) is 4.79 Å². The standard InChI is InChI=1S/C36H39NO6/c38-32-21-34(41-24-29-15-7-2-8-16-29)35(42-25-30-17-9-3-10-18-30)33(27-40-23-28-13-5-1-6-14-28)37(22-32)36(39)43-26-31-19-11-4-12-20-31/h1-20,32-35,38H,21-27H2/t32-,33+,34+,35+/m0/s1. The average molecular weight is 582 g/mol. The molecule has 43 heavy (non-hydrogen) atoms. The van der Waals surface area contributed by atoms with Crippen LogP contribution >= 0.6 is 0 Å². The van der Waals surface area contributed by atoms with Gasteiger partial charge in [-0.3, -0.25) is 4.90 Å². The Balaban J connectivity index is 1.40. The Bertz CT molecular complexity index is 1360. The summed E-state index contributed by atoms with van der Waals surface area (Å²) in [5.41, 5.74) is 3.91. The first-order valence-electron chi connectivity index (χ1n) is 14.7. The summed E-state index contributed by atoms with van der Waals surface area (Å²) in [6.07, 6.45) is -2.18. The van der Waals surface area contributed by atoms with E-state index in [9.17, 15) is 9.90 Å². The SMILES string of the molecule is O=C(OCc1ccccc1)N1C[C@@H](O)C[C@@H](OCc2ccccc2)[C@H](OCc2ccccc2)[C@H]1COCc1ccccc1. The second-order valence-electron chi connectivity index (χ2n) is 10.7. The van der Waals surface area contributed by atoms with E-state index in [0.717, 1.165) is 22.3 Å². The number of nitrogens with zero attached hydrogens (tertiary/aromatic N) is 1. The first-order valence-corrected chi connectivity index (χ1v) is 14.7. The van der Waals surface area contributed by atoms with Gasteiger partial charge in [-0.15, -0.1) is 0 Å². The Hall–Kier alpha value is -4.01. The van der Waals surface area contributed by atoms with Crippen LogP contribution < -0.4 is 0 Å². The van der Waals surface area contributed by atoms with E-state index in [2.05, 4.69) is 0 Å². The van der Waals surface area contributed by atoms with Gasteiger partial charge >= 0.3 is 6.09 Å². The Labute approximate surface area is 253 Å². The van der Waals surface area contributed by atoms with Gasteiger partial charge in [0.05, 0.1) is 51.2 Å². The van der Waals surface area contributed by atoms with Gasteiger partial charge < -0.3 is 24.1 Å². The fourth-order valence-electron chi connectivity index (χ4n) is 5.26. The number of aliphatic hydroxyl groups is 1. The summed E-state index contributed by atoms with van der Waals surface area (Å²) in [6, 6.07) is 38.6. The lowest BCUT2D eigenvalue weighted by Crippen LogP contribution is -2.53. The largest absolute Gasteiger partial charge is 0.445 e. The van der Waals surface area contributed by atoms with Crippen molar-refractivity contribution in [1.82, 2.24) is 4.90 Å². The molecule has 1 aliphatic rings. The first-order chi connectivity index (χ1) is 21.2. The van der Waals surface area contributed by atoms with Gasteiger partial charge in [-0.2, -0.15) is 0 Å². The number of benzene rings is 4. The zero-order valence-electron chi connectivity index (χ0n) is 24.2. The van der Waals surface area contributed by atoms with Crippen LogP contribution in [0.15, 0.2) is 121 Å². The Morgan fingerprint density at radius 3 is 1.65 bits per heavy atom. The van der Waals surface area contributed by atoms with Crippen molar-refractivity contribution in [2.45, 2.75) is 57.2 Å². The lowest BCUT2D eigenvalue weighted by atomic mass is 10.0. The minimum atomic E-state index is -0.841. The number of aliphatic hydroxyl groups excluding tert-OH is 1. The van der Waals surface area contributed by atoms with Crippen molar-refractivity contribution in [1.29, 1.82) is 0 Å². The number of hydrogen-bond acceptors (Lipinski definition) is 6. The molecule has 4 aromatic carbocycles. The van der Waals surface area contributed by atoms with E-state index in [1.54, 1.807) is 4.90 Å². The molecule has 1 fully saturated rings. The van der Waals surface area contributed by atoms with Crippen LogP contribution in [0.1, 0.15) is 28.7 Å². The van der Waals surface area contributed by atoms with Gasteiger partial charge in [0.25, 0.3) is 0 Å². The Morgan fingerprint density at radius 1 is 0.651 bits per heavy atom. The highest BCUT2D eigenvalue weighted by atomic mass is 16.6. The fraction of sp³-hybridized carbons (Fsp3) is 0.306. The minimum absolute atomic E-state index is 0.0728. The number of carbonyl (C=O) groups excluding carboxylic acids is 1. The van der Waals surface area contributed by atoms with Crippen LogP contribution in [-0.2, 0) is 45.4 Å². The molecule has 1 saturated heterocycles. The number of carbonyl (C=O) groups is 1. The third-order valence-electron chi connectivity index (χ3n) is 7.49. The molecular formula is C36H39NO6. The molecule has 0 saturated carbocycles. The second kappa shape index (κ2) is 16.0. The molecule has 0 aromatic heterocycles. The van der Waals surface area contributed by atoms with Crippen LogP contribution in [0.25, 0.3) is 0 Å². The number of ether oxygens (including phenoxy) is 4. The molecule has 0 spiro atoms. The van der Waals surface area contributed by atoms with E-state index in [1.165, 1.54) is 0 Å². The third-order valence-corrected chi connectivity index (χ3v) is 7.49. The van der Waals surface area contributed by atoms with Crippen LogP contribution in [0.2, 0.25) is 0 Å². The molecule has 7 heteroatoms. The van der Waals surface area contributed by atoms with Gasteiger partial charge in [-0.05, 0) is 22.3 Å². The number of hydrogen-bond donors (Lipinski definition) is 1. The van der Waals surface area contributed by atoms with Crippen LogP contribution in [0, 0.1) is 0 Å². The van der Waals surface area contributed by atoms with E-state index in [-0.39, 0.29) is 19.8 Å². The first kappa shape index (κ1) is 30.4. The van der Waals surface area contributed by atoms with Crippen LogP contribution in [0.5, 0.6) is 0 Å². The molecule has 224 valence electrons. The van der Waals surface area contributed by atoms with Crippen molar-refractivity contribution in [2.24, 2.45) is 0 Å². The van der Waals surface area contributed by atoms with Crippen molar-refractivity contribution in [3.8, 4) is 0 Å². The summed E-state index contributed by atoms with van der Waals surface area (Å²) in [5, 5.41) is 11.2. The van der Waals surface area contributed by atoms with Crippen molar-refractivity contribution < 1.29 is 28.8 Å². The van der Waals surface area contributed by atoms with Gasteiger partial charge in [0.1, 0.15) is 12.7 Å². The van der Waals surface area contributed by atoms with Gasteiger partial charge in [0, 0.05) is 6.42 Å². The lowest BCUT2D eigenvalue weighted by Gasteiger charge is -2.36. The smallest absolute Gasteiger partial charge is 0.410 e. The summed E-state index contributed by atoms with van der Waals surface area (Å²) in [7, 11) is 0. The summed E-state index contributed by atoms with van der Waals surface area (Å²) in [6.45, 7) is 1.39. The van der Waals surface area contributed by atoms with Crippen molar-refractivity contribution in [3.05, 3.63) is 144 Å². The van der Waals surface area contributed by atoms with Gasteiger partial charge in [0.2, 0.25) is 0 Å². The number of β-amino-alcohol motifs (C(OH)–C–C–N with tert-alkyl or cyclic N) is 1. The molecule has 0 unspecified atom stereocenters. The molecular weight excluding hydrogens is 542 g/mol. The maximum Gasteiger partial charge on any atom is 0.410 e. The summed E-state index contributed by atoms with van der Waals surface area (Å²) < 4.78 is 25.0. The van der Waals surface area contributed by atoms with E-state index in [0.29, 0.717) is 26.2 Å². The molecule has 5 rings (SSSR count). The Kier molecular flexibility index (Phi) is 11.3. The van der Waals surface area contributed by atoms with E-state index < -0.39 is 30.4 Å². The van der Waals surface area contributed by atoms with E-state index >= 15 is 0 Å². The topological polar surface area (TPSA) is 77.5 Å². The highest BCUT2D eigenvalue weighted by Gasteiger charge is 2.43. The fourth-order valence-corrected chi connectivity index (χ4v) is 5.26. The van der Waals surface area contributed by atoms with Crippen molar-refractivity contribution >= 4 is 6.09 Å².